The molecular weight excluding hydrogens is 344 g/mol. The van der Waals surface area contributed by atoms with Gasteiger partial charge in [0.1, 0.15) is 0 Å². The summed E-state index contributed by atoms with van der Waals surface area (Å²) in [4.78, 5) is 10.2. The molecule has 0 atom stereocenters. The second kappa shape index (κ2) is 10.9. The molecule has 25 heavy (non-hydrogen) atoms. The number of hydrogen-bond acceptors (Lipinski definition) is 3. The molecule has 0 aromatic heterocycles. The van der Waals surface area contributed by atoms with Crippen LogP contribution in [0.4, 0.5) is 0 Å². The molecule has 3 N–H and O–H groups in total. The van der Waals surface area contributed by atoms with Crippen LogP contribution < -0.4 is 0 Å². The Labute approximate surface area is 147 Å². The highest BCUT2D eigenvalue weighted by molar-refractivity contribution is 7.79. The zero-order valence-corrected chi connectivity index (χ0v) is 13.3. The van der Waals surface area contributed by atoms with Gasteiger partial charge in [0.25, 0.3) is 0 Å². The van der Waals surface area contributed by atoms with Crippen LogP contribution in [-0.2, 0) is 10.4 Å². The van der Waals surface area contributed by atoms with Crippen LogP contribution in [0.5, 0.6) is 0 Å². The fourth-order valence-electron chi connectivity index (χ4n) is 1.71. The SMILES string of the molecule is C.O=C(O)c1ccccc1.O=S(=O)(O)O.c1ccc2ccccc2c1. The van der Waals surface area contributed by atoms with E-state index in [2.05, 4.69) is 48.5 Å². The van der Waals surface area contributed by atoms with Crippen molar-refractivity contribution < 1.29 is 27.4 Å². The van der Waals surface area contributed by atoms with Crippen molar-refractivity contribution in [3.05, 3.63) is 84.4 Å². The Hall–Kier alpha value is -2.74. The van der Waals surface area contributed by atoms with Crippen molar-refractivity contribution in [1.82, 2.24) is 0 Å². The minimum Gasteiger partial charge on any atom is -0.478 e. The van der Waals surface area contributed by atoms with Gasteiger partial charge in [-0.1, -0.05) is 74.2 Å². The lowest BCUT2D eigenvalue weighted by molar-refractivity contribution is 0.0697. The summed E-state index contributed by atoms with van der Waals surface area (Å²) in [5.74, 6) is -0.879. The Morgan fingerprint density at radius 2 is 0.960 bits per heavy atom. The number of fused-ring (bicyclic) bond motifs is 1. The molecule has 0 amide bonds. The van der Waals surface area contributed by atoms with Gasteiger partial charge in [-0.05, 0) is 22.9 Å². The third-order valence-electron chi connectivity index (χ3n) is 2.68. The number of aromatic carboxylic acids is 1. The monoisotopic (exact) mass is 364 g/mol. The van der Waals surface area contributed by atoms with Gasteiger partial charge in [-0.3, -0.25) is 9.11 Å². The molecule has 0 aliphatic heterocycles. The van der Waals surface area contributed by atoms with Crippen LogP contribution in [0.1, 0.15) is 17.8 Å². The number of rotatable bonds is 1. The lowest BCUT2D eigenvalue weighted by Crippen LogP contribution is -1.93. The molecule has 0 heterocycles. The topological polar surface area (TPSA) is 112 Å². The number of benzene rings is 3. The molecule has 6 nitrogen and oxygen atoms in total. The number of carboxylic acid groups (broad SMARTS) is 1. The summed E-state index contributed by atoms with van der Waals surface area (Å²) in [5.41, 5.74) is 0.331. The summed E-state index contributed by atoms with van der Waals surface area (Å²) in [6.07, 6.45) is 0. The molecule has 0 fully saturated rings. The Balaban J connectivity index is 0.000000359. The van der Waals surface area contributed by atoms with Crippen molar-refractivity contribution in [2.24, 2.45) is 0 Å². The van der Waals surface area contributed by atoms with Crippen molar-refractivity contribution in [2.45, 2.75) is 7.43 Å². The van der Waals surface area contributed by atoms with Crippen LogP contribution in [0.3, 0.4) is 0 Å². The van der Waals surface area contributed by atoms with Crippen molar-refractivity contribution in [3.8, 4) is 0 Å². The van der Waals surface area contributed by atoms with E-state index in [1.165, 1.54) is 10.8 Å². The van der Waals surface area contributed by atoms with E-state index in [0.717, 1.165) is 0 Å². The standard InChI is InChI=1S/C10H8.C7H6O2.CH4.H2O4S/c1-2-6-10-8-4-3-7-9(10)5-1;8-7(9)6-4-2-1-3-5-6;;1-5(2,3)4/h1-8H;1-5H,(H,8,9);1H4;(H2,1,2,3,4). The van der Waals surface area contributed by atoms with E-state index in [-0.39, 0.29) is 7.43 Å². The van der Waals surface area contributed by atoms with E-state index in [0.29, 0.717) is 5.56 Å². The van der Waals surface area contributed by atoms with Gasteiger partial charge in [-0.25, -0.2) is 4.79 Å². The summed E-state index contributed by atoms with van der Waals surface area (Å²) in [6.45, 7) is 0. The van der Waals surface area contributed by atoms with Crippen LogP contribution in [0, 0.1) is 0 Å². The van der Waals surface area contributed by atoms with Crippen molar-refractivity contribution in [3.63, 3.8) is 0 Å². The molecule has 0 aliphatic rings. The molecule has 3 aromatic carbocycles. The van der Waals surface area contributed by atoms with Crippen molar-refractivity contribution >= 4 is 27.1 Å². The van der Waals surface area contributed by atoms with Gasteiger partial charge in [-0.2, -0.15) is 8.42 Å². The summed E-state index contributed by atoms with van der Waals surface area (Å²) in [7, 11) is -4.67. The molecule has 0 saturated carbocycles. The molecule has 0 aliphatic carbocycles. The molecule has 0 unspecified atom stereocenters. The van der Waals surface area contributed by atoms with Gasteiger partial charge in [-0.15, -0.1) is 0 Å². The maximum atomic E-state index is 10.2. The van der Waals surface area contributed by atoms with E-state index in [4.69, 9.17) is 22.6 Å². The largest absolute Gasteiger partial charge is 0.478 e. The molecule has 3 rings (SSSR count). The highest BCUT2D eigenvalue weighted by Crippen LogP contribution is 2.11. The minimum atomic E-state index is -4.67. The summed E-state index contributed by atoms with van der Waals surface area (Å²) >= 11 is 0. The third-order valence-corrected chi connectivity index (χ3v) is 2.68. The molecule has 0 spiro atoms. The normalized spacial score (nSPS) is 9.52. The first-order valence-electron chi connectivity index (χ1n) is 6.69. The van der Waals surface area contributed by atoms with E-state index in [9.17, 15) is 4.79 Å². The number of carbonyl (C=O) groups is 1. The second-order valence-electron chi connectivity index (χ2n) is 4.47. The smallest absolute Gasteiger partial charge is 0.394 e. The van der Waals surface area contributed by atoms with Crippen LogP contribution in [0.25, 0.3) is 10.8 Å². The molecular formula is C18H20O6S. The van der Waals surface area contributed by atoms with Crippen LogP contribution in [0.2, 0.25) is 0 Å². The zero-order chi connectivity index (χ0) is 18.0. The maximum Gasteiger partial charge on any atom is 0.394 e. The molecule has 0 bridgehead atoms. The molecule has 0 radical (unpaired) electrons. The lowest BCUT2D eigenvalue weighted by Gasteiger charge is -1.92. The Kier molecular flexibility index (Phi) is 9.73. The van der Waals surface area contributed by atoms with Gasteiger partial charge in [0.05, 0.1) is 5.56 Å². The zero-order valence-electron chi connectivity index (χ0n) is 12.5. The predicted octanol–water partition coefficient (Wildman–Crippen LogP) is 4.21. The van der Waals surface area contributed by atoms with E-state index in [1.807, 2.05) is 0 Å². The summed E-state index contributed by atoms with van der Waals surface area (Å²) < 4.78 is 31.6. The van der Waals surface area contributed by atoms with Gasteiger partial charge < -0.3 is 5.11 Å². The number of hydrogen-bond donors (Lipinski definition) is 3. The molecule has 0 saturated heterocycles. The lowest BCUT2D eigenvalue weighted by atomic mass is 10.1. The third kappa shape index (κ3) is 10.6. The molecule has 7 heteroatoms. The first-order valence-corrected chi connectivity index (χ1v) is 8.09. The summed E-state index contributed by atoms with van der Waals surface area (Å²) in [6, 6.07) is 25.0. The maximum absolute atomic E-state index is 10.2. The van der Waals surface area contributed by atoms with Crippen molar-refractivity contribution in [2.75, 3.05) is 0 Å². The van der Waals surface area contributed by atoms with Crippen LogP contribution in [0.15, 0.2) is 78.9 Å². The Morgan fingerprint density at radius 3 is 1.20 bits per heavy atom. The highest BCUT2D eigenvalue weighted by atomic mass is 32.3. The first-order chi connectivity index (χ1) is 11.3. The van der Waals surface area contributed by atoms with Crippen molar-refractivity contribution in [1.29, 1.82) is 0 Å². The fourth-order valence-corrected chi connectivity index (χ4v) is 1.71. The van der Waals surface area contributed by atoms with E-state index >= 15 is 0 Å². The summed E-state index contributed by atoms with van der Waals surface area (Å²) in [5, 5.41) is 11.0. The molecule has 134 valence electrons. The molecule has 3 aromatic rings. The predicted molar refractivity (Wildman–Crippen MR) is 98.3 cm³/mol. The van der Waals surface area contributed by atoms with Gasteiger partial charge in [0, 0.05) is 0 Å². The highest BCUT2D eigenvalue weighted by Gasteiger charge is 1.96. The van der Waals surface area contributed by atoms with E-state index in [1.54, 1.807) is 30.3 Å². The average molecular weight is 364 g/mol. The van der Waals surface area contributed by atoms with Crippen LogP contribution in [-0.4, -0.2) is 28.6 Å². The minimum absolute atomic E-state index is 0. The second-order valence-corrected chi connectivity index (χ2v) is 5.36. The Morgan fingerprint density at radius 1 is 0.680 bits per heavy atom. The van der Waals surface area contributed by atoms with Crippen LogP contribution >= 0.6 is 0 Å². The van der Waals surface area contributed by atoms with Gasteiger partial charge in [0.2, 0.25) is 0 Å². The van der Waals surface area contributed by atoms with Gasteiger partial charge in [0.15, 0.2) is 0 Å². The fraction of sp³-hybridized carbons (Fsp3) is 0.0556. The first kappa shape index (κ1) is 22.3. The average Bonchev–Trinajstić information content (AvgIpc) is 2.55. The van der Waals surface area contributed by atoms with E-state index < -0.39 is 16.4 Å². The number of carboxylic acids is 1. The Bertz CT molecular complexity index is 803. The quantitative estimate of drug-likeness (QED) is 0.558. The van der Waals surface area contributed by atoms with Gasteiger partial charge >= 0.3 is 16.4 Å².